The van der Waals surface area contributed by atoms with Gasteiger partial charge in [-0.3, -0.25) is 9.69 Å². The third kappa shape index (κ3) is 2.41. The second-order valence-corrected chi connectivity index (χ2v) is 5.17. The molecule has 0 aromatic heterocycles. The van der Waals surface area contributed by atoms with Crippen molar-refractivity contribution in [3.8, 4) is 0 Å². The van der Waals surface area contributed by atoms with Crippen LogP contribution in [0.4, 0.5) is 0 Å². The number of hydrogen-bond acceptors (Lipinski definition) is 3. The van der Waals surface area contributed by atoms with Crippen LogP contribution >= 0.6 is 0 Å². The van der Waals surface area contributed by atoms with Crippen molar-refractivity contribution >= 4 is 11.9 Å². The van der Waals surface area contributed by atoms with Crippen LogP contribution in [0.3, 0.4) is 0 Å². The molecule has 18 heavy (non-hydrogen) atoms. The minimum atomic E-state index is -1.03. The molecule has 1 amide bonds. The van der Waals surface area contributed by atoms with Crippen molar-refractivity contribution in [3.05, 3.63) is 11.1 Å². The van der Waals surface area contributed by atoms with Crippen LogP contribution in [0.1, 0.15) is 33.1 Å². The van der Waals surface area contributed by atoms with Gasteiger partial charge in [-0.25, -0.2) is 4.79 Å². The van der Waals surface area contributed by atoms with E-state index in [1.807, 2.05) is 0 Å². The molecule has 2 fully saturated rings. The van der Waals surface area contributed by atoms with Crippen molar-refractivity contribution in [2.45, 2.75) is 45.2 Å². The van der Waals surface area contributed by atoms with E-state index in [1.54, 1.807) is 6.92 Å². The lowest BCUT2D eigenvalue weighted by Crippen LogP contribution is -2.42. The maximum absolute atomic E-state index is 12.0. The Bertz CT molecular complexity index is 403. The highest BCUT2D eigenvalue weighted by atomic mass is 16.4. The van der Waals surface area contributed by atoms with Crippen molar-refractivity contribution in [3.63, 3.8) is 0 Å². The number of hydrogen-bond donors (Lipinski definition) is 2. The molecule has 5 nitrogen and oxygen atoms in total. The van der Waals surface area contributed by atoms with Crippen molar-refractivity contribution in [2.24, 2.45) is 0 Å². The summed E-state index contributed by atoms with van der Waals surface area (Å²) in [6.07, 6.45) is 3.29. The van der Waals surface area contributed by atoms with Gasteiger partial charge in [-0.1, -0.05) is 0 Å². The van der Waals surface area contributed by atoms with E-state index in [9.17, 15) is 9.59 Å². The number of amides is 1. The molecule has 2 N–H and O–H groups in total. The van der Waals surface area contributed by atoms with Crippen LogP contribution in [-0.4, -0.2) is 47.1 Å². The molecule has 0 aromatic carbocycles. The van der Waals surface area contributed by atoms with E-state index in [1.165, 1.54) is 13.3 Å². The largest absolute Gasteiger partial charge is 0.478 e. The van der Waals surface area contributed by atoms with Crippen molar-refractivity contribution < 1.29 is 14.7 Å². The second-order valence-electron chi connectivity index (χ2n) is 5.17. The van der Waals surface area contributed by atoms with Crippen LogP contribution in [-0.2, 0) is 9.59 Å². The van der Waals surface area contributed by atoms with Gasteiger partial charge in [0.15, 0.2) is 0 Å². The van der Waals surface area contributed by atoms with Crippen LogP contribution in [0.15, 0.2) is 11.1 Å². The van der Waals surface area contributed by atoms with Crippen molar-refractivity contribution in [2.75, 3.05) is 13.1 Å². The predicted molar refractivity (Wildman–Crippen MR) is 67.2 cm³/mol. The molecule has 2 rings (SSSR count). The standard InChI is InChI=1S/C13H20N2O3/c1-8(9(2)13(17)18)12(16)14-10-5-7-15-6-3-4-11(10)15/h10-11H,3-7H2,1-2H3,(H,14,16)(H,17,18)/b9-8-. The first kappa shape index (κ1) is 13.1. The first-order chi connectivity index (χ1) is 8.50. The molecule has 0 spiro atoms. The fourth-order valence-corrected chi connectivity index (χ4v) is 2.86. The molecule has 2 aliphatic heterocycles. The molecule has 2 atom stereocenters. The van der Waals surface area contributed by atoms with E-state index in [-0.39, 0.29) is 17.5 Å². The first-order valence-electron chi connectivity index (χ1n) is 6.46. The molecule has 0 aliphatic carbocycles. The van der Waals surface area contributed by atoms with E-state index in [0.717, 1.165) is 25.9 Å². The van der Waals surface area contributed by atoms with Crippen LogP contribution < -0.4 is 5.32 Å². The van der Waals surface area contributed by atoms with Crippen LogP contribution in [0.5, 0.6) is 0 Å². The maximum Gasteiger partial charge on any atom is 0.331 e. The molecule has 0 radical (unpaired) electrons. The molecular formula is C13H20N2O3. The normalized spacial score (nSPS) is 28.8. The molecule has 100 valence electrons. The molecule has 0 aromatic rings. The lowest BCUT2D eigenvalue weighted by molar-refractivity contribution is -0.133. The lowest BCUT2D eigenvalue weighted by atomic mass is 10.1. The van der Waals surface area contributed by atoms with Crippen molar-refractivity contribution in [1.29, 1.82) is 0 Å². The first-order valence-corrected chi connectivity index (χ1v) is 6.46. The van der Waals surface area contributed by atoms with Gasteiger partial charge >= 0.3 is 5.97 Å². The summed E-state index contributed by atoms with van der Waals surface area (Å²) in [6.45, 7) is 5.20. The second kappa shape index (κ2) is 5.10. The molecule has 2 aliphatic rings. The third-order valence-corrected chi connectivity index (χ3v) is 4.15. The Morgan fingerprint density at radius 1 is 1.17 bits per heavy atom. The summed E-state index contributed by atoms with van der Waals surface area (Å²) in [5.74, 6) is -1.27. The minimum Gasteiger partial charge on any atom is -0.478 e. The zero-order valence-electron chi connectivity index (χ0n) is 10.9. The van der Waals surface area contributed by atoms with Crippen molar-refractivity contribution in [1.82, 2.24) is 10.2 Å². The fourth-order valence-electron chi connectivity index (χ4n) is 2.86. The van der Waals surface area contributed by atoms with Gasteiger partial charge in [0.25, 0.3) is 0 Å². The highest BCUT2D eigenvalue weighted by molar-refractivity contribution is 6.01. The number of fused-ring (bicyclic) bond motifs is 1. The highest BCUT2D eigenvalue weighted by Gasteiger charge is 2.37. The minimum absolute atomic E-state index is 0.119. The summed E-state index contributed by atoms with van der Waals surface area (Å²) in [6, 6.07) is 0.628. The Morgan fingerprint density at radius 3 is 2.56 bits per heavy atom. The third-order valence-electron chi connectivity index (χ3n) is 4.15. The molecule has 0 bridgehead atoms. The van der Waals surface area contributed by atoms with E-state index < -0.39 is 5.97 Å². The summed E-state index contributed by atoms with van der Waals surface area (Å²) in [4.78, 5) is 25.2. The molecular weight excluding hydrogens is 232 g/mol. The monoisotopic (exact) mass is 252 g/mol. The Hall–Kier alpha value is -1.36. The predicted octanol–water partition coefficient (Wildman–Crippen LogP) is 0.760. The molecule has 0 saturated carbocycles. The zero-order chi connectivity index (χ0) is 13.3. The van der Waals surface area contributed by atoms with Gasteiger partial charge < -0.3 is 10.4 Å². The number of carbonyl (C=O) groups excluding carboxylic acids is 1. The lowest BCUT2D eigenvalue weighted by Gasteiger charge is -2.21. The van der Waals surface area contributed by atoms with E-state index >= 15 is 0 Å². The topological polar surface area (TPSA) is 69.6 Å². The molecule has 5 heteroatoms. The summed E-state index contributed by atoms with van der Waals surface area (Å²) in [7, 11) is 0. The van der Waals surface area contributed by atoms with Crippen LogP contribution in [0.2, 0.25) is 0 Å². The number of carboxylic acid groups (broad SMARTS) is 1. The molecule has 2 unspecified atom stereocenters. The number of carbonyl (C=O) groups is 2. The van der Waals surface area contributed by atoms with Gasteiger partial charge in [0.1, 0.15) is 0 Å². The van der Waals surface area contributed by atoms with E-state index in [4.69, 9.17) is 5.11 Å². The Morgan fingerprint density at radius 2 is 1.89 bits per heavy atom. The summed E-state index contributed by atoms with van der Waals surface area (Å²) in [5.41, 5.74) is 0.424. The Kier molecular flexibility index (Phi) is 3.71. The highest BCUT2D eigenvalue weighted by Crippen LogP contribution is 2.28. The van der Waals surface area contributed by atoms with E-state index in [2.05, 4.69) is 10.2 Å². The van der Waals surface area contributed by atoms with Gasteiger partial charge in [-0.15, -0.1) is 0 Å². The molecule has 2 saturated heterocycles. The quantitative estimate of drug-likeness (QED) is 0.728. The number of nitrogens with zero attached hydrogens (tertiary/aromatic N) is 1. The summed E-state index contributed by atoms with van der Waals surface area (Å²) in [5, 5.41) is 11.9. The van der Waals surface area contributed by atoms with Crippen LogP contribution in [0.25, 0.3) is 0 Å². The summed E-state index contributed by atoms with van der Waals surface area (Å²) < 4.78 is 0. The Balaban J connectivity index is 2.00. The molecule has 2 heterocycles. The average molecular weight is 252 g/mol. The van der Waals surface area contributed by atoms with E-state index in [0.29, 0.717) is 11.6 Å². The number of carboxylic acids is 1. The van der Waals surface area contributed by atoms with Gasteiger partial charge in [0, 0.05) is 29.8 Å². The average Bonchev–Trinajstić information content (AvgIpc) is 2.91. The fraction of sp³-hybridized carbons (Fsp3) is 0.692. The zero-order valence-corrected chi connectivity index (χ0v) is 10.9. The Labute approximate surface area is 107 Å². The maximum atomic E-state index is 12.0. The van der Waals surface area contributed by atoms with Crippen LogP contribution in [0, 0.1) is 0 Å². The number of rotatable bonds is 3. The van der Waals surface area contributed by atoms with Gasteiger partial charge in [0.2, 0.25) is 5.91 Å². The van der Waals surface area contributed by atoms with Gasteiger partial charge in [-0.05, 0) is 39.7 Å². The SMILES string of the molecule is C/C(C(=O)O)=C(\C)C(=O)NC1CCN2CCCC12. The number of nitrogens with one attached hydrogen (secondary N) is 1. The van der Waals surface area contributed by atoms with Gasteiger partial charge in [0.05, 0.1) is 0 Å². The number of aliphatic carboxylic acids is 1. The summed E-state index contributed by atoms with van der Waals surface area (Å²) >= 11 is 0. The van der Waals surface area contributed by atoms with Gasteiger partial charge in [-0.2, -0.15) is 0 Å². The smallest absolute Gasteiger partial charge is 0.331 e.